The van der Waals surface area contributed by atoms with Crippen molar-refractivity contribution in [3.8, 4) is 0 Å². The maximum Gasteiger partial charge on any atom is 0.0936 e. The predicted octanol–water partition coefficient (Wildman–Crippen LogP) is 2.13. The number of nitrogens with zero attached hydrogens (tertiary/aromatic N) is 1. The van der Waals surface area contributed by atoms with E-state index in [2.05, 4.69) is 35.4 Å². The van der Waals surface area contributed by atoms with Crippen molar-refractivity contribution in [1.82, 2.24) is 10.3 Å². The first kappa shape index (κ1) is 13.5. The van der Waals surface area contributed by atoms with Crippen LogP contribution in [0.5, 0.6) is 0 Å². The monoisotopic (exact) mass is 272 g/mol. The quantitative estimate of drug-likeness (QED) is 0.926. The van der Waals surface area contributed by atoms with Gasteiger partial charge in [0.25, 0.3) is 0 Å². The molecule has 0 aliphatic carbocycles. The number of morpholine rings is 1. The SMILES string of the molecule is CC1CNCC(COCc2cccc3cccnc23)O1. The summed E-state index contributed by atoms with van der Waals surface area (Å²) in [6.45, 7) is 5.04. The molecule has 0 radical (unpaired) electrons. The lowest BCUT2D eigenvalue weighted by atomic mass is 10.1. The number of aromatic nitrogens is 1. The molecule has 3 rings (SSSR count). The highest BCUT2D eigenvalue weighted by Crippen LogP contribution is 2.17. The van der Waals surface area contributed by atoms with Crippen LogP contribution in [0.15, 0.2) is 36.5 Å². The van der Waals surface area contributed by atoms with E-state index in [0.29, 0.717) is 13.2 Å². The van der Waals surface area contributed by atoms with E-state index < -0.39 is 0 Å². The Morgan fingerprint density at radius 2 is 2.20 bits per heavy atom. The summed E-state index contributed by atoms with van der Waals surface area (Å²) < 4.78 is 11.6. The zero-order chi connectivity index (χ0) is 13.8. The molecule has 2 atom stereocenters. The van der Waals surface area contributed by atoms with Gasteiger partial charge in [-0.15, -0.1) is 0 Å². The van der Waals surface area contributed by atoms with Crippen molar-refractivity contribution in [2.45, 2.75) is 25.7 Å². The lowest BCUT2D eigenvalue weighted by Crippen LogP contribution is -2.45. The number of para-hydroxylation sites is 1. The Hall–Kier alpha value is -1.49. The molecule has 1 N–H and O–H groups in total. The first-order chi connectivity index (χ1) is 9.83. The van der Waals surface area contributed by atoms with Gasteiger partial charge in [0.2, 0.25) is 0 Å². The topological polar surface area (TPSA) is 43.4 Å². The minimum absolute atomic E-state index is 0.140. The largest absolute Gasteiger partial charge is 0.374 e. The minimum Gasteiger partial charge on any atom is -0.374 e. The molecule has 1 fully saturated rings. The van der Waals surface area contributed by atoms with E-state index in [1.807, 2.05) is 18.3 Å². The Labute approximate surface area is 119 Å². The normalized spacial score (nSPS) is 23.1. The molecule has 2 aromatic rings. The summed E-state index contributed by atoms with van der Waals surface area (Å²) in [5.74, 6) is 0. The number of fused-ring (bicyclic) bond motifs is 1. The molecule has 2 unspecified atom stereocenters. The van der Waals surface area contributed by atoms with Crippen LogP contribution in [0.2, 0.25) is 0 Å². The Bertz CT molecular complexity index is 568. The van der Waals surface area contributed by atoms with Crippen molar-refractivity contribution >= 4 is 10.9 Å². The first-order valence-corrected chi connectivity index (χ1v) is 7.09. The molecule has 0 saturated carbocycles. The van der Waals surface area contributed by atoms with E-state index in [1.165, 1.54) is 0 Å². The molecule has 4 nitrogen and oxygen atoms in total. The highest BCUT2D eigenvalue weighted by molar-refractivity contribution is 5.81. The Kier molecular flexibility index (Phi) is 4.25. The molecular formula is C16H20N2O2. The Balaban J connectivity index is 1.60. The molecule has 4 heteroatoms. The van der Waals surface area contributed by atoms with Gasteiger partial charge in [-0.3, -0.25) is 4.98 Å². The van der Waals surface area contributed by atoms with Gasteiger partial charge in [0.15, 0.2) is 0 Å². The second-order valence-corrected chi connectivity index (χ2v) is 5.23. The summed E-state index contributed by atoms with van der Waals surface area (Å²) in [4.78, 5) is 4.44. The summed E-state index contributed by atoms with van der Waals surface area (Å²) in [7, 11) is 0. The summed E-state index contributed by atoms with van der Waals surface area (Å²) in [5, 5.41) is 4.50. The average molecular weight is 272 g/mol. The van der Waals surface area contributed by atoms with Crippen molar-refractivity contribution in [2.24, 2.45) is 0 Å². The Morgan fingerprint density at radius 3 is 3.10 bits per heavy atom. The number of pyridine rings is 1. The average Bonchev–Trinajstić information content (AvgIpc) is 2.48. The van der Waals surface area contributed by atoms with Crippen LogP contribution in [-0.4, -0.2) is 36.9 Å². The fourth-order valence-corrected chi connectivity index (χ4v) is 2.55. The van der Waals surface area contributed by atoms with E-state index in [0.717, 1.165) is 29.6 Å². The van der Waals surface area contributed by atoms with Gasteiger partial charge in [0.1, 0.15) is 0 Å². The molecule has 20 heavy (non-hydrogen) atoms. The van der Waals surface area contributed by atoms with Crippen LogP contribution in [0.4, 0.5) is 0 Å². The lowest BCUT2D eigenvalue weighted by Gasteiger charge is -2.28. The molecule has 1 aromatic carbocycles. The van der Waals surface area contributed by atoms with Crippen LogP contribution in [0, 0.1) is 0 Å². The lowest BCUT2D eigenvalue weighted by molar-refractivity contribution is -0.0715. The van der Waals surface area contributed by atoms with Gasteiger partial charge in [-0.05, 0) is 13.0 Å². The van der Waals surface area contributed by atoms with Crippen molar-refractivity contribution < 1.29 is 9.47 Å². The third-order valence-corrected chi connectivity index (χ3v) is 3.51. The molecule has 0 amide bonds. The van der Waals surface area contributed by atoms with E-state index in [1.54, 1.807) is 0 Å². The van der Waals surface area contributed by atoms with Gasteiger partial charge < -0.3 is 14.8 Å². The van der Waals surface area contributed by atoms with E-state index in [-0.39, 0.29) is 12.2 Å². The van der Waals surface area contributed by atoms with Crippen LogP contribution in [0.3, 0.4) is 0 Å². The second kappa shape index (κ2) is 6.31. The minimum atomic E-state index is 0.140. The maximum absolute atomic E-state index is 5.81. The molecule has 1 saturated heterocycles. The molecule has 106 valence electrons. The molecule has 2 heterocycles. The van der Waals surface area contributed by atoms with Crippen LogP contribution >= 0.6 is 0 Å². The standard InChI is InChI=1S/C16H20N2O2/c1-12-8-17-9-15(20-12)11-19-10-14-5-2-4-13-6-3-7-18-16(13)14/h2-7,12,15,17H,8-11H2,1H3. The molecule has 1 aromatic heterocycles. The number of hydrogen-bond donors (Lipinski definition) is 1. The zero-order valence-corrected chi connectivity index (χ0v) is 11.7. The van der Waals surface area contributed by atoms with E-state index in [9.17, 15) is 0 Å². The maximum atomic E-state index is 5.81. The third-order valence-electron chi connectivity index (χ3n) is 3.51. The fourth-order valence-electron chi connectivity index (χ4n) is 2.55. The zero-order valence-electron chi connectivity index (χ0n) is 11.7. The predicted molar refractivity (Wildman–Crippen MR) is 78.6 cm³/mol. The summed E-state index contributed by atoms with van der Waals surface area (Å²) in [5.41, 5.74) is 2.14. The van der Waals surface area contributed by atoms with Gasteiger partial charge in [-0.25, -0.2) is 0 Å². The summed E-state index contributed by atoms with van der Waals surface area (Å²) in [6, 6.07) is 10.2. The van der Waals surface area contributed by atoms with Gasteiger partial charge in [0, 0.05) is 30.2 Å². The van der Waals surface area contributed by atoms with Crippen LogP contribution < -0.4 is 5.32 Å². The fraction of sp³-hybridized carbons (Fsp3) is 0.438. The number of rotatable bonds is 4. The number of ether oxygens (including phenoxy) is 2. The molecule has 1 aliphatic heterocycles. The van der Waals surface area contributed by atoms with Gasteiger partial charge in [-0.2, -0.15) is 0 Å². The molecule has 0 spiro atoms. The highest BCUT2D eigenvalue weighted by Gasteiger charge is 2.18. The number of hydrogen-bond acceptors (Lipinski definition) is 4. The second-order valence-electron chi connectivity index (χ2n) is 5.23. The van der Waals surface area contributed by atoms with Gasteiger partial charge in [0.05, 0.1) is 30.9 Å². The van der Waals surface area contributed by atoms with Crippen molar-refractivity contribution in [3.63, 3.8) is 0 Å². The van der Waals surface area contributed by atoms with Crippen molar-refractivity contribution in [1.29, 1.82) is 0 Å². The summed E-state index contributed by atoms with van der Waals surface area (Å²) in [6.07, 6.45) is 2.22. The van der Waals surface area contributed by atoms with E-state index in [4.69, 9.17) is 9.47 Å². The molecular weight excluding hydrogens is 252 g/mol. The number of benzene rings is 1. The van der Waals surface area contributed by atoms with Crippen LogP contribution in [-0.2, 0) is 16.1 Å². The van der Waals surface area contributed by atoms with Crippen LogP contribution in [0.1, 0.15) is 12.5 Å². The van der Waals surface area contributed by atoms with Crippen molar-refractivity contribution in [2.75, 3.05) is 19.7 Å². The van der Waals surface area contributed by atoms with E-state index >= 15 is 0 Å². The molecule has 1 aliphatic rings. The van der Waals surface area contributed by atoms with Crippen LogP contribution in [0.25, 0.3) is 10.9 Å². The van der Waals surface area contributed by atoms with Gasteiger partial charge in [-0.1, -0.05) is 24.3 Å². The number of nitrogens with one attached hydrogen (secondary N) is 1. The smallest absolute Gasteiger partial charge is 0.0936 e. The molecule has 0 bridgehead atoms. The first-order valence-electron chi connectivity index (χ1n) is 7.09. The Morgan fingerprint density at radius 1 is 1.30 bits per heavy atom. The van der Waals surface area contributed by atoms with Gasteiger partial charge >= 0.3 is 0 Å². The third kappa shape index (κ3) is 3.15. The summed E-state index contributed by atoms with van der Waals surface area (Å²) >= 11 is 0. The van der Waals surface area contributed by atoms with Crippen molar-refractivity contribution in [3.05, 3.63) is 42.1 Å². The highest BCUT2D eigenvalue weighted by atomic mass is 16.5.